The smallest absolute Gasteiger partial charge is 0.131 e. The van der Waals surface area contributed by atoms with Crippen molar-refractivity contribution < 1.29 is 0 Å². The van der Waals surface area contributed by atoms with Gasteiger partial charge in [0.2, 0.25) is 0 Å². The monoisotopic (exact) mass is 297 g/mol. The van der Waals surface area contributed by atoms with E-state index in [2.05, 4.69) is 56.4 Å². The molecule has 0 N–H and O–H groups in total. The standard InChI is InChI=1S/C16H28ClN3/c1-11(2)9-20(10-12(3)4)15-8-18-16(13(5)6)19-14(15)7-17/h8,11-13H,7,9-10H2,1-6H3. The third-order valence-corrected chi connectivity index (χ3v) is 3.27. The van der Waals surface area contributed by atoms with Crippen molar-refractivity contribution in [2.45, 2.75) is 53.3 Å². The van der Waals surface area contributed by atoms with E-state index in [0.717, 1.165) is 30.3 Å². The predicted molar refractivity (Wildman–Crippen MR) is 87.6 cm³/mol. The first-order chi connectivity index (χ1) is 9.35. The van der Waals surface area contributed by atoms with Gasteiger partial charge in [-0.15, -0.1) is 11.6 Å². The molecular formula is C16H28ClN3. The molecule has 3 nitrogen and oxygen atoms in total. The number of anilines is 1. The zero-order valence-corrected chi connectivity index (χ0v) is 14.4. The number of aromatic nitrogens is 2. The quantitative estimate of drug-likeness (QED) is 0.696. The highest BCUT2D eigenvalue weighted by Gasteiger charge is 2.17. The highest BCUT2D eigenvalue weighted by Crippen LogP contribution is 2.24. The van der Waals surface area contributed by atoms with Gasteiger partial charge in [0.25, 0.3) is 0 Å². The average molecular weight is 298 g/mol. The van der Waals surface area contributed by atoms with E-state index in [-0.39, 0.29) is 0 Å². The minimum Gasteiger partial charge on any atom is -0.368 e. The van der Waals surface area contributed by atoms with Gasteiger partial charge in [-0.1, -0.05) is 41.5 Å². The van der Waals surface area contributed by atoms with Crippen molar-refractivity contribution in [1.82, 2.24) is 9.97 Å². The maximum atomic E-state index is 6.11. The summed E-state index contributed by atoms with van der Waals surface area (Å²) in [5.41, 5.74) is 2.04. The second-order valence-corrected chi connectivity index (χ2v) is 6.81. The Morgan fingerprint density at radius 2 is 1.60 bits per heavy atom. The van der Waals surface area contributed by atoms with Gasteiger partial charge < -0.3 is 4.90 Å². The Morgan fingerprint density at radius 1 is 1.05 bits per heavy atom. The zero-order valence-electron chi connectivity index (χ0n) is 13.7. The molecule has 4 heteroatoms. The molecule has 0 spiro atoms. The van der Waals surface area contributed by atoms with E-state index in [0.29, 0.717) is 23.6 Å². The summed E-state index contributed by atoms with van der Waals surface area (Å²) in [4.78, 5) is 11.5. The van der Waals surface area contributed by atoms with Gasteiger partial charge in [-0.25, -0.2) is 9.97 Å². The molecule has 114 valence electrons. The number of nitrogens with zero attached hydrogens (tertiary/aromatic N) is 3. The zero-order chi connectivity index (χ0) is 15.3. The normalized spacial score (nSPS) is 11.7. The van der Waals surface area contributed by atoms with E-state index in [1.807, 2.05) is 6.20 Å². The Morgan fingerprint density at radius 3 is 2.00 bits per heavy atom. The van der Waals surface area contributed by atoms with Crippen molar-refractivity contribution in [1.29, 1.82) is 0 Å². The first kappa shape index (κ1) is 17.2. The molecule has 0 saturated heterocycles. The molecule has 1 rings (SSSR count). The lowest BCUT2D eigenvalue weighted by Crippen LogP contribution is -2.32. The molecule has 20 heavy (non-hydrogen) atoms. The van der Waals surface area contributed by atoms with Crippen LogP contribution in [0.4, 0.5) is 5.69 Å². The maximum Gasteiger partial charge on any atom is 0.131 e. The molecule has 0 aliphatic heterocycles. The second-order valence-electron chi connectivity index (χ2n) is 6.54. The van der Waals surface area contributed by atoms with Gasteiger partial charge in [0, 0.05) is 19.0 Å². The van der Waals surface area contributed by atoms with Crippen LogP contribution in [0.25, 0.3) is 0 Å². The molecule has 0 saturated carbocycles. The third-order valence-electron chi connectivity index (χ3n) is 3.02. The van der Waals surface area contributed by atoms with Gasteiger partial charge >= 0.3 is 0 Å². The summed E-state index contributed by atoms with van der Waals surface area (Å²) in [5.74, 6) is 2.83. The molecular weight excluding hydrogens is 270 g/mol. The van der Waals surface area contributed by atoms with Crippen LogP contribution in [-0.2, 0) is 5.88 Å². The average Bonchev–Trinajstić information content (AvgIpc) is 2.35. The number of alkyl halides is 1. The molecule has 1 heterocycles. The summed E-state index contributed by atoms with van der Waals surface area (Å²) >= 11 is 6.11. The van der Waals surface area contributed by atoms with Crippen molar-refractivity contribution in [2.24, 2.45) is 11.8 Å². The fourth-order valence-electron chi connectivity index (χ4n) is 2.22. The molecule has 0 unspecified atom stereocenters. The summed E-state index contributed by atoms with van der Waals surface area (Å²) in [6.45, 7) is 15.2. The van der Waals surface area contributed by atoms with E-state index in [1.165, 1.54) is 0 Å². The summed E-state index contributed by atoms with van der Waals surface area (Å²) in [7, 11) is 0. The Kier molecular flexibility index (Phi) is 6.74. The van der Waals surface area contributed by atoms with Crippen LogP contribution in [-0.4, -0.2) is 23.1 Å². The van der Waals surface area contributed by atoms with Crippen LogP contribution in [0.15, 0.2) is 6.20 Å². The lowest BCUT2D eigenvalue weighted by molar-refractivity contribution is 0.550. The molecule has 0 aromatic carbocycles. The van der Waals surface area contributed by atoms with Crippen LogP contribution in [0.2, 0.25) is 0 Å². The summed E-state index contributed by atoms with van der Waals surface area (Å²) < 4.78 is 0. The summed E-state index contributed by atoms with van der Waals surface area (Å²) in [6, 6.07) is 0. The Hall–Kier alpha value is -0.830. The molecule has 0 radical (unpaired) electrons. The van der Waals surface area contributed by atoms with Crippen LogP contribution >= 0.6 is 11.6 Å². The van der Waals surface area contributed by atoms with Crippen molar-refractivity contribution in [3.05, 3.63) is 17.7 Å². The van der Waals surface area contributed by atoms with Crippen LogP contribution < -0.4 is 4.90 Å². The second kappa shape index (κ2) is 7.82. The van der Waals surface area contributed by atoms with Gasteiger partial charge in [0.05, 0.1) is 23.5 Å². The first-order valence-corrected chi connectivity index (χ1v) is 8.05. The van der Waals surface area contributed by atoms with Gasteiger partial charge in [0.15, 0.2) is 0 Å². The topological polar surface area (TPSA) is 29.0 Å². The fourth-order valence-corrected chi connectivity index (χ4v) is 2.42. The number of hydrogen-bond acceptors (Lipinski definition) is 3. The van der Waals surface area contributed by atoms with E-state index in [4.69, 9.17) is 11.6 Å². The molecule has 0 fully saturated rings. The SMILES string of the molecule is CC(C)CN(CC(C)C)c1cnc(C(C)C)nc1CCl. The van der Waals surface area contributed by atoms with Gasteiger partial charge in [-0.2, -0.15) is 0 Å². The third kappa shape index (κ3) is 4.93. The Bertz CT molecular complexity index is 406. The van der Waals surface area contributed by atoms with E-state index in [1.54, 1.807) is 0 Å². The molecule has 0 amide bonds. The predicted octanol–water partition coefficient (Wildman–Crippen LogP) is 4.46. The minimum absolute atomic E-state index is 0.328. The highest BCUT2D eigenvalue weighted by molar-refractivity contribution is 6.17. The molecule has 0 aliphatic carbocycles. The van der Waals surface area contributed by atoms with E-state index < -0.39 is 0 Å². The van der Waals surface area contributed by atoms with Crippen LogP contribution in [0.1, 0.15) is 59.0 Å². The lowest BCUT2D eigenvalue weighted by Gasteiger charge is -2.29. The van der Waals surface area contributed by atoms with E-state index in [9.17, 15) is 0 Å². The van der Waals surface area contributed by atoms with Gasteiger partial charge in [-0.3, -0.25) is 0 Å². The maximum absolute atomic E-state index is 6.11. The molecule has 0 bridgehead atoms. The van der Waals surface area contributed by atoms with Crippen molar-refractivity contribution in [3.8, 4) is 0 Å². The lowest BCUT2D eigenvalue weighted by atomic mass is 10.1. The van der Waals surface area contributed by atoms with Crippen molar-refractivity contribution >= 4 is 17.3 Å². The Balaban J connectivity index is 3.11. The van der Waals surface area contributed by atoms with Gasteiger partial charge in [0.1, 0.15) is 5.82 Å². The van der Waals surface area contributed by atoms with Gasteiger partial charge in [-0.05, 0) is 11.8 Å². The minimum atomic E-state index is 0.328. The number of halogens is 1. The fraction of sp³-hybridized carbons (Fsp3) is 0.750. The van der Waals surface area contributed by atoms with Crippen molar-refractivity contribution in [3.63, 3.8) is 0 Å². The molecule has 1 aromatic heterocycles. The molecule has 1 aromatic rings. The largest absolute Gasteiger partial charge is 0.368 e. The van der Waals surface area contributed by atoms with Crippen LogP contribution in [0.3, 0.4) is 0 Å². The van der Waals surface area contributed by atoms with E-state index >= 15 is 0 Å². The van der Waals surface area contributed by atoms with Crippen molar-refractivity contribution in [2.75, 3.05) is 18.0 Å². The number of rotatable bonds is 7. The Labute approximate surface area is 128 Å². The van der Waals surface area contributed by atoms with Crippen LogP contribution in [0, 0.1) is 11.8 Å². The summed E-state index contributed by atoms with van der Waals surface area (Å²) in [6.07, 6.45) is 1.95. The highest BCUT2D eigenvalue weighted by atomic mass is 35.5. The molecule has 0 aliphatic rings. The van der Waals surface area contributed by atoms with Crippen LogP contribution in [0.5, 0.6) is 0 Å². The first-order valence-electron chi connectivity index (χ1n) is 7.51. The summed E-state index contributed by atoms with van der Waals surface area (Å²) in [5, 5.41) is 0. The molecule has 0 atom stereocenters. The number of hydrogen-bond donors (Lipinski definition) is 0.